The van der Waals surface area contributed by atoms with Gasteiger partial charge in [-0.25, -0.2) is 12.8 Å². The minimum Gasteiger partial charge on any atom is -0.495 e. The Morgan fingerprint density at radius 2 is 1.78 bits per heavy atom. The molecule has 23 heavy (non-hydrogen) atoms. The van der Waals surface area contributed by atoms with Crippen molar-refractivity contribution in [2.45, 2.75) is 4.90 Å². The number of ether oxygens (including phenoxy) is 1. The normalized spacial score (nSPS) is 11.0. The molecule has 0 aromatic heterocycles. The van der Waals surface area contributed by atoms with Gasteiger partial charge >= 0.3 is 0 Å². The maximum Gasteiger partial charge on any atom is 0.264 e. The summed E-state index contributed by atoms with van der Waals surface area (Å²) >= 11 is 0. The molecule has 2 aromatic carbocycles. The highest BCUT2D eigenvalue weighted by molar-refractivity contribution is 7.92. The highest BCUT2D eigenvalue weighted by Crippen LogP contribution is 2.31. The second-order valence-corrected chi connectivity index (χ2v) is 6.47. The fourth-order valence-electron chi connectivity index (χ4n) is 2.01. The minimum absolute atomic E-state index is 0.161. The van der Waals surface area contributed by atoms with Crippen molar-refractivity contribution in [1.29, 1.82) is 0 Å². The maximum atomic E-state index is 13.0. The van der Waals surface area contributed by atoms with Gasteiger partial charge in [-0.05, 0) is 36.4 Å². The molecular weight excluding hydrogens is 323 g/mol. The number of benzene rings is 2. The van der Waals surface area contributed by atoms with Gasteiger partial charge in [0.05, 0.1) is 17.7 Å². The standard InChI is InChI=1S/C15H15FN2O4S/c1-22-14-5-3-2-4-13(14)18(10-15(17)19)23(20,21)12-8-6-11(16)7-9-12/h2-9H,10H2,1H3,(H2,17,19). The Balaban J connectivity index is 2.58. The smallest absolute Gasteiger partial charge is 0.264 e. The first-order valence-electron chi connectivity index (χ1n) is 6.56. The summed E-state index contributed by atoms with van der Waals surface area (Å²) in [6, 6.07) is 10.6. The summed E-state index contributed by atoms with van der Waals surface area (Å²) in [7, 11) is -2.73. The van der Waals surface area contributed by atoms with Gasteiger partial charge < -0.3 is 10.5 Å². The lowest BCUT2D eigenvalue weighted by Crippen LogP contribution is -2.38. The first-order chi connectivity index (χ1) is 10.9. The molecule has 1 amide bonds. The van der Waals surface area contributed by atoms with Crippen LogP contribution in [-0.4, -0.2) is 28.0 Å². The topological polar surface area (TPSA) is 89.7 Å². The zero-order chi connectivity index (χ0) is 17.0. The molecular formula is C15H15FN2O4S. The third-order valence-electron chi connectivity index (χ3n) is 3.05. The summed E-state index contributed by atoms with van der Waals surface area (Å²) in [6.45, 7) is -0.569. The van der Waals surface area contributed by atoms with Crippen molar-refractivity contribution < 1.29 is 22.3 Å². The molecule has 6 nitrogen and oxygen atoms in total. The number of hydrogen-bond acceptors (Lipinski definition) is 4. The summed E-state index contributed by atoms with van der Waals surface area (Å²) in [6.07, 6.45) is 0. The Bertz CT molecular complexity index is 806. The van der Waals surface area contributed by atoms with E-state index in [4.69, 9.17) is 10.5 Å². The van der Waals surface area contributed by atoms with E-state index in [0.29, 0.717) is 0 Å². The van der Waals surface area contributed by atoms with Gasteiger partial charge in [-0.1, -0.05) is 12.1 Å². The van der Waals surface area contributed by atoms with Gasteiger partial charge in [0.1, 0.15) is 18.1 Å². The van der Waals surface area contributed by atoms with E-state index in [-0.39, 0.29) is 16.3 Å². The van der Waals surface area contributed by atoms with Crippen molar-refractivity contribution >= 4 is 21.6 Å². The van der Waals surface area contributed by atoms with Gasteiger partial charge in [-0.15, -0.1) is 0 Å². The maximum absolute atomic E-state index is 13.0. The van der Waals surface area contributed by atoms with Gasteiger partial charge in [0.25, 0.3) is 10.0 Å². The van der Waals surface area contributed by atoms with Crippen molar-refractivity contribution in [2.75, 3.05) is 18.0 Å². The number of amides is 1. The zero-order valence-corrected chi connectivity index (χ0v) is 13.1. The molecule has 8 heteroatoms. The zero-order valence-electron chi connectivity index (χ0n) is 12.3. The number of halogens is 1. The van der Waals surface area contributed by atoms with E-state index in [1.54, 1.807) is 18.2 Å². The molecule has 0 aliphatic rings. The molecule has 2 aromatic rings. The third-order valence-corrected chi connectivity index (χ3v) is 4.83. The number of nitrogens with two attached hydrogens (primary N) is 1. The lowest BCUT2D eigenvalue weighted by atomic mass is 10.3. The molecule has 0 bridgehead atoms. The number of carbonyl (C=O) groups excluding carboxylic acids is 1. The Labute approximate surface area is 133 Å². The van der Waals surface area contributed by atoms with Crippen LogP contribution in [0, 0.1) is 5.82 Å². The minimum atomic E-state index is -4.11. The largest absolute Gasteiger partial charge is 0.495 e. The molecule has 0 unspecified atom stereocenters. The number of hydrogen-bond donors (Lipinski definition) is 1. The van der Waals surface area contributed by atoms with Crippen molar-refractivity contribution in [2.24, 2.45) is 5.73 Å². The number of anilines is 1. The molecule has 0 aliphatic heterocycles. The number of sulfonamides is 1. The van der Waals surface area contributed by atoms with Gasteiger partial charge in [-0.3, -0.25) is 9.10 Å². The molecule has 0 atom stereocenters. The van der Waals surface area contributed by atoms with E-state index in [0.717, 1.165) is 28.6 Å². The molecule has 122 valence electrons. The van der Waals surface area contributed by atoms with Crippen LogP contribution in [0.4, 0.5) is 10.1 Å². The van der Waals surface area contributed by atoms with E-state index in [2.05, 4.69) is 0 Å². The van der Waals surface area contributed by atoms with E-state index >= 15 is 0 Å². The van der Waals surface area contributed by atoms with Crippen LogP contribution < -0.4 is 14.8 Å². The third kappa shape index (κ3) is 3.59. The number of methoxy groups -OCH3 is 1. The number of rotatable bonds is 6. The highest BCUT2D eigenvalue weighted by atomic mass is 32.2. The molecule has 0 saturated carbocycles. The number of primary amides is 1. The van der Waals surface area contributed by atoms with E-state index in [1.807, 2.05) is 0 Å². The average molecular weight is 338 g/mol. The van der Waals surface area contributed by atoms with E-state index < -0.39 is 28.3 Å². The van der Waals surface area contributed by atoms with Crippen LogP contribution >= 0.6 is 0 Å². The van der Waals surface area contributed by atoms with E-state index in [9.17, 15) is 17.6 Å². The summed E-state index contributed by atoms with van der Waals surface area (Å²) in [5.74, 6) is -1.14. The average Bonchev–Trinajstić information content (AvgIpc) is 2.52. The lowest BCUT2D eigenvalue weighted by Gasteiger charge is -2.24. The first-order valence-corrected chi connectivity index (χ1v) is 8.00. The number of carbonyl (C=O) groups is 1. The van der Waals surface area contributed by atoms with Crippen LogP contribution in [0.1, 0.15) is 0 Å². The summed E-state index contributed by atoms with van der Waals surface area (Å²) in [5, 5.41) is 0. The molecule has 0 heterocycles. The lowest BCUT2D eigenvalue weighted by molar-refractivity contribution is -0.116. The van der Waals surface area contributed by atoms with Gasteiger partial charge in [0.15, 0.2) is 0 Å². The second kappa shape index (κ2) is 6.66. The van der Waals surface area contributed by atoms with Crippen LogP contribution in [0.3, 0.4) is 0 Å². The van der Waals surface area contributed by atoms with Crippen LogP contribution in [0.5, 0.6) is 5.75 Å². The molecule has 0 aliphatic carbocycles. The Kier molecular flexibility index (Phi) is 4.85. The summed E-state index contributed by atoms with van der Waals surface area (Å²) in [5.41, 5.74) is 5.34. The molecule has 0 spiro atoms. The molecule has 0 radical (unpaired) electrons. The van der Waals surface area contributed by atoms with Gasteiger partial charge in [0.2, 0.25) is 5.91 Å². The number of para-hydroxylation sites is 2. The second-order valence-electron chi connectivity index (χ2n) is 4.60. The summed E-state index contributed by atoms with van der Waals surface area (Å²) < 4.78 is 44.6. The first kappa shape index (κ1) is 16.8. The van der Waals surface area contributed by atoms with Crippen LogP contribution in [0.15, 0.2) is 53.4 Å². The monoisotopic (exact) mass is 338 g/mol. The predicted octanol–water partition coefficient (Wildman–Crippen LogP) is 1.51. The Morgan fingerprint density at radius 3 is 2.35 bits per heavy atom. The molecule has 2 N–H and O–H groups in total. The SMILES string of the molecule is COc1ccccc1N(CC(N)=O)S(=O)(=O)c1ccc(F)cc1. The number of nitrogens with zero attached hydrogens (tertiary/aromatic N) is 1. The van der Waals surface area contributed by atoms with Crippen LogP contribution in [0.2, 0.25) is 0 Å². The fourth-order valence-corrected chi connectivity index (χ4v) is 3.45. The van der Waals surface area contributed by atoms with Crippen molar-refractivity contribution in [3.05, 3.63) is 54.3 Å². The molecule has 0 fully saturated rings. The van der Waals surface area contributed by atoms with Crippen molar-refractivity contribution in [3.63, 3.8) is 0 Å². The Morgan fingerprint density at radius 1 is 1.17 bits per heavy atom. The highest BCUT2D eigenvalue weighted by Gasteiger charge is 2.28. The Hall–Kier alpha value is -2.61. The van der Waals surface area contributed by atoms with Crippen LogP contribution in [-0.2, 0) is 14.8 Å². The summed E-state index contributed by atoms with van der Waals surface area (Å²) in [4.78, 5) is 11.2. The molecule has 0 saturated heterocycles. The van der Waals surface area contributed by atoms with Crippen molar-refractivity contribution in [3.8, 4) is 5.75 Å². The van der Waals surface area contributed by atoms with Crippen LogP contribution in [0.25, 0.3) is 0 Å². The fraction of sp³-hybridized carbons (Fsp3) is 0.133. The van der Waals surface area contributed by atoms with E-state index in [1.165, 1.54) is 13.2 Å². The molecule has 2 rings (SSSR count). The van der Waals surface area contributed by atoms with Crippen molar-refractivity contribution in [1.82, 2.24) is 0 Å². The predicted molar refractivity (Wildman–Crippen MR) is 83.1 cm³/mol. The quantitative estimate of drug-likeness (QED) is 0.864. The van der Waals surface area contributed by atoms with Gasteiger partial charge in [0, 0.05) is 0 Å². The van der Waals surface area contributed by atoms with Gasteiger partial charge in [-0.2, -0.15) is 0 Å².